The second-order valence-corrected chi connectivity index (χ2v) is 4.40. The van der Waals surface area contributed by atoms with Gasteiger partial charge in [0, 0.05) is 18.5 Å². The predicted molar refractivity (Wildman–Crippen MR) is 73.9 cm³/mol. The molecular formula is C12H10N6O3. The molecule has 0 saturated carbocycles. The Morgan fingerprint density at radius 3 is 2.90 bits per heavy atom. The fourth-order valence-corrected chi connectivity index (χ4v) is 2.00. The van der Waals surface area contributed by atoms with Gasteiger partial charge in [-0.1, -0.05) is 6.07 Å². The molecule has 0 atom stereocenters. The maximum absolute atomic E-state index is 12.1. The molecule has 0 aliphatic carbocycles. The lowest BCUT2D eigenvalue weighted by molar-refractivity contribution is -0.384. The van der Waals surface area contributed by atoms with Crippen LogP contribution in [-0.2, 0) is 6.54 Å². The molecule has 0 spiro atoms. The zero-order chi connectivity index (χ0) is 15.0. The molecule has 106 valence electrons. The van der Waals surface area contributed by atoms with Gasteiger partial charge in [0.25, 0.3) is 5.69 Å². The Kier molecular flexibility index (Phi) is 2.87. The maximum atomic E-state index is 12.1. The van der Waals surface area contributed by atoms with Gasteiger partial charge >= 0.3 is 5.69 Å². The van der Waals surface area contributed by atoms with Crippen LogP contribution in [0, 0.1) is 10.1 Å². The van der Waals surface area contributed by atoms with Crippen LogP contribution in [-0.4, -0.2) is 24.1 Å². The van der Waals surface area contributed by atoms with Crippen LogP contribution < -0.4 is 11.4 Å². The van der Waals surface area contributed by atoms with Crippen molar-refractivity contribution < 1.29 is 4.92 Å². The predicted octanol–water partition coefficient (Wildman–Crippen LogP) is 0.430. The van der Waals surface area contributed by atoms with Gasteiger partial charge in [0.05, 0.1) is 17.7 Å². The lowest BCUT2D eigenvalue weighted by Crippen LogP contribution is -2.21. The summed E-state index contributed by atoms with van der Waals surface area (Å²) < 4.78 is 2.56. The first-order valence-electron chi connectivity index (χ1n) is 5.98. The SMILES string of the molecule is Nc1ccc(Cn2nc3cnccn3c2=O)cc1[N+](=O)[O-]. The molecule has 21 heavy (non-hydrogen) atoms. The van der Waals surface area contributed by atoms with E-state index in [0.29, 0.717) is 11.2 Å². The van der Waals surface area contributed by atoms with Crippen LogP contribution in [0.15, 0.2) is 41.6 Å². The number of fused-ring (bicyclic) bond motifs is 1. The minimum Gasteiger partial charge on any atom is -0.393 e. The molecule has 0 amide bonds. The number of nitrogen functional groups attached to an aromatic ring is 1. The minimum absolute atomic E-state index is 0.0790. The first kappa shape index (κ1) is 12.8. The number of nitro benzene ring substituents is 1. The lowest BCUT2D eigenvalue weighted by atomic mass is 10.2. The van der Waals surface area contributed by atoms with Gasteiger partial charge in [-0.05, 0) is 11.6 Å². The standard InChI is InChI=1S/C12H10N6O3/c13-9-2-1-8(5-10(9)18(20)21)7-17-12(19)16-4-3-14-6-11(16)15-17/h1-6H,7,13H2. The number of rotatable bonds is 3. The van der Waals surface area contributed by atoms with Gasteiger partial charge in [-0.25, -0.2) is 13.9 Å². The highest BCUT2D eigenvalue weighted by atomic mass is 16.6. The van der Waals surface area contributed by atoms with Crippen molar-refractivity contribution >= 4 is 17.0 Å². The quantitative estimate of drug-likeness (QED) is 0.423. The number of anilines is 1. The summed E-state index contributed by atoms with van der Waals surface area (Å²) in [5.41, 5.74) is 6.06. The molecule has 2 aromatic heterocycles. The van der Waals surface area contributed by atoms with E-state index in [1.54, 1.807) is 6.07 Å². The maximum Gasteiger partial charge on any atom is 0.350 e. The van der Waals surface area contributed by atoms with E-state index in [1.807, 2.05) is 0 Å². The van der Waals surface area contributed by atoms with Gasteiger partial charge in [0.2, 0.25) is 0 Å². The van der Waals surface area contributed by atoms with Crippen molar-refractivity contribution in [2.75, 3.05) is 5.73 Å². The highest BCUT2D eigenvalue weighted by Crippen LogP contribution is 2.22. The van der Waals surface area contributed by atoms with E-state index in [9.17, 15) is 14.9 Å². The number of nitrogens with zero attached hydrogens (tertiary/aromatic N) is 5. The average Bonchev–Trinajstić information content (AvgIpc) is 2.78. The third-order valence-corrected chi connectivity index (χ3v) is 3.01. The van der Waals surface area contributed by atoms with Crippen molar-refractivity contribution in [2.24, 2.45) is 0 Å². The summed E-state index contributed by atoms with van der Waals surface area (Å²) in [5, 5.41) is 15.0. The molecule has 2 N–H and O–H groups in total. The normalized spacial score (nSPS) is 10.9. The summed E-state index contributed by atoms with van der Waals surface area (Å²) in [7, 11) is 0. The van der Waals surface area contributed by atoms with E-state index in [1.165, 1.54) is 39.8 Å². The van der Waals surface area contributed by atoms with Gasteiger partial charge < -0.3 is 5.73 Å². The van der Waals surface area contributed by atoms with Crippen molar-refractivity contribution in [1.82, 2.24) is 19.2 Å². The van der Waals surface area contributed by atoms with Crippen molar-refractivity contribution in [3.05, 3.63) is 63.0 Å². The van der Waals surface area contributed by atoms with E-state index in [0.717, 1.165) is 0 Å². The molecule has 0 aliphatic heterocycles. The minimum atomic E-state index is -0.560. The number of hydrogen-bond donors (Lipinski definition) is 1. The van der Waals surface area contributed by atoms with E-state index in [-0.39, 0.29) is 23.6 Å². The van der Waals surface area contributed by atoms with Crippen LogP contribution in [0.5, 0.6) is 0 Å². The largest absolute Gasteiger partial charge is 0.393 e. The molecule has 0 bridgehead atoms. The summed E-state index contributed by atoms with van der Waals surface area (Å²) in [5.74, 6) is 0. The summed E-state index contributed by atoms with van der Waals surface area (Å²) in [6.07, 6.45) is 4.45. The summed E-state index contributed by atoms with van der Waals surface area (Å²) >= 11 is 0. The highest BCUT2D eigenvalue weighted by Gasteiger charge is 2.13. The Hall–Kier alpha value is -3.23. The molecule has 0 radical (unpaired) electrons. The summed E-state index contributed by atoms with van der Waals surface area (Å²) in [6, 6.07) is 4.40. The van der Waals surface area contributed by atoms with Crippen LogP contribution in [0.25, 0.3) is 5.65 Å². The number of hydrogen-bond acceptors (Lipinski definition) is 6. The van der Waals surface area contributed by atoms with Gasteiger partial charge in [-0.2, -0.15) is 0 Å². The van der Waals surface area contributed by atoms with Crippen molar-refractivity contribution in [1.29, 1.82) is 0 Å². The molecular weight excluding hydrogens is 276 g/mol. The monoisotopic (exact) mass is 286 g/mol. The van der Waals surface area contributed by atoms with E-state index in [2.05, 4.69) is 10.1 Å². The molecule has 9 heteroatoms. The lowest BCUT2D eigenvalue weighted by Gasteiger charge is -2.02. The molecule has 2 heterocycles. The Morgan fingerprint density at radius 1 is 1.38 bits per heavy atom. The molecule has 0 unspecified atom stereocenters. The van der Waals surface area contributed by atoms with Gasteiger partial charge in [-0.3, -0.25) is 15.1 Å². The Morgan fingerprint density at radius 2 is 2.19 bits per heavy atom. The first-order valence-corrected chi connectivity index (χ1v) is 5.98. The number of nitro groups is 1. The Bertz CT molecular complexity index is 897. The molecule has 0 aliphatic rings. The number of nitrogens with two attached hydrogens (primary N) is 1. The van der Waals surface area contributed by atoms with Gasteiger partial charge in [0.1, 0.15) is 5.69 Å². The fraction of sp³-hybridized carbons (Fsp3) is 0.0833. The van der Waals surface area contributed by atoms with Gasteiger partial charge in [-0.15, -0.1) is 5.10 Å². The highest BCUT2D eigenvalue weighted by molar-refractivity contribution is 5.59. The smallest absolute Gasteiger partial charge is 0.350 e. The Labute approximate surface area is 117 Å². The van der Waals surface area contributed by atoms with E-state index < -0.39 is 4.92 Å². The Balaban J connectivity index is 2.03. The molecule has 0 saturated heterocycles. The van der Waals surface area contributed by atoms with E-state index >= 15 is 0 Å². The van der Waals surface area contributed by atoms with Crippen LogP contribution in [0.2, 0.25) is 0 Å². The number of benzene rings is 1. The second kappa shape index (κ2) is 4.71. The zero-order valence-electron chi connectivity index (χ0n) is 10.7. The first-order chi connectivity index (χ1) is 10.1. The molecule has 3 aromatic rings. The molecule has 3 rings (SSSR count). The second-order valence-electron chi connectivity index (χ2n) is 4.40. The molecule has 0 fully saturated rings. The van der Waals surface area contributed by atoms with Crippen LogP contribution >= 0.6 is 0 Å². The molecule has 9 nitrogen and oxygen atoms in total. The van der Waals surface area contributed by atoms with Crippen molar-refractivity contribution in [3.8, 4) is 0 Å². The fourth-order valence-electron chi connectivity index (χ4n) is 2.00. The summed E-state index contributed by atoms with van der Waals surface area (Å²) in [6.45, 7) is 0.113. The van der Waals surface area contributed by atoms with Crippen LogP contribution in [0.4, 0.5) is 11.4 Å². The number of aromatic nitrogens is 4. The van der Waals surface area contributed by atoms with Crippen LogP contribution in [0.1, 0.15) is 5.56 Å². The van der Waals surface area contributed by atoms with Crippen molar-refractivity contribution in [3.63, 3.8) is 0 Å². The average molecular weight is 286 g/mol. The third-order valence-electron chi connectivity index (χ3n) is 3.01. The van der Waals surface area contributed by atoms with Gasteiger partial charge in [0.15, 0.2) is 5.65 Å². The molecule has 1 aromatic carbocycles. The van der Waals surface area contributed by atoms with Crippen molar-refractivity contribution in [2.45, 2.75) is 6.54 Å². The summed E-state index contributed by atoms with van der Waals surface area (Å²) in [4.78, 5) is 26.3. The third kappa shape index (κ3) is 2.20. The zero-order valence-corrected chi connectivity index (χ0v) is 10.7. The topological polar surface area (TPSA) is 121 Å². The van der Waals surface area contributed by atoms with E-state index in [4.69, 9.17) is 5.73 Å². The van der Waals surface area contributed by atoms with Crippen LogP contribution in [0.3, 0.4) is 0 Å².